The first-order chi connectivity index (χ1) is 6.58. The highest BCUT2D eigenvalue weighted by Crippen LogP contribution is 2.20. The van der Waals surface area contributed by atoms with E-state index in [1.165, 1.54) is 0 Å². The lowest BCUT2D eigenvalue weighted by Gasteiger charge is -2.01. The molecule has 1 aromatic heterocycles. The number of fused-ring (bicyclic) bond motifs is 1. The Balaban J connectivity index is 2.89. The number of hydrogen-bond donors (Lipinski definition) is 1. The van der Waals surface area contributed by atoms with Gasteiger partial charge >= 0.3 is 0 Å². The second-order valence-corrected chi connectivity index (χ2v) is 3.79. The number of nitrogen functional groups attached to an aromatic ring is 1. The number of hydrogen-bond acceptors (Lipinski definition) is 4. The number of nitrogens with two attached hydrogens (primary N) is 1. The molecule has 14 heavy (non-hydrogen) atoms. The van der Waals surface area contributed by atoms with Crippen LogP contribution in [0, 0.1) is 12.1 Å². The smallest absolute Gasteiger partial charge is 0.288 e. The quantitative estimate of drug-likeness (QED) is 0.560. The van der Waals surface area contributed by atoms with E-state index in [0.29, 0.717) is 15.9 Å². The van der Waals surface area contributed by atoms with Gasteiger partial charge in [0.25, 0.3) is 11.5 Å². The molecule has 2 aromatic rings. The van der Waals surface area contributed by atoms with E-state index in [0.717, 1.165) is 10.0 Å². The Morgan fingerprint density at radius 2 is 2.21 bits per heavy atom. The average molecular weight is 255 g/mol. The highest BCUT2D eigenvalue weighted by atomic mass is 79.9. The standard InChI is InChI=1S/C8H7BrN4O/c1-4-2-6-7(3-5(4)9)13(14)12-8(10)11-6/h2-3H,1H3,(H2,10,11,12). The Bertz CT molecular complexity index is 514. The van der Waals surface area contributed by atoms with Crippen LogP contribution in [-0.2, 0) is 0 Å². The summed E-state index contributed by atoms with van der Waals surface area (Å²) in [5.74, 6) is -0.0192. The van der Waals surface area contributed by atoms with Crippen molar-refractivity contribution in [2.75, 3.05) is 5.73 Å². The van der Waals surface area contributed by atoms with Gasteiger partial charge in [0.1, 0.15) is 5.52 Å². The summed E-state index contributed by atoms with van der Waals surface area (Å²) in [7, 11) is 0. The first-order valence-electron chi connectivity index (χ1n) is 3.91. The minimum atomic E-state index is -0.0192. The Labute approximate surface area is 88.3 Å². The van der Waals surface area contributed by atoms with Crippen LogP contribution in [0.15, 0.2) is 16.6 Å². The number of rotatable bonds is 0. The zero-order valence-electron chi connectivity index (χ0n) is 7.36. The number of aryl methyl sites for hydroxylation is 1. The Hall–Kier alpha value is -1.43. The van der Waals surface area contributed by atoms with Crippen LogP contribution in [0.1, 0.15) is 5.56 Å². The summed E-state index contributed by atoms with van der Waals surface area (Å²) < 4.78 is 0.850. The summed E-state index contributed by atoms with van der Waals surface area (Å²) in [6.07, 6.45) is 0. The molecule has 72 valence electrons. The van der Waals surface area contributed by atoms with Crippen molar-refractivity contribution < 1.29 is 4.85 Å². The number of anilines is 1. The minimum Gasteiger partial charge on any atom is -0.594 e. The molecule has 0 bridgehead atoms. The van der Waals surface area contributed by atoms with Crippen LogP contribution < -0.4 is 10.6 Å². The van der Waals surface area contributed by atoms with E-state index in [1.807, 2.05) is 6.92 Å². The van der Waals surface area contributed by atoms with E-state index in [2.05, 4.69) is 26.0 Å². The van der Waals surface area contributed by atoms with E-state index in [9.17, 15) is 5.21 Å². The van der Waals surface area contributed by atoms with Crippen molar-refractivity contribution in [2.24, 2.45) is 0 Å². The molecule has 5 nitrogen and oxygen atoms in total. The van der Waals surface area contributed by atoms with Crippen LogP contribution >= 0.6 is 15.9 Å². The van der Waals surface area contributed by atoms with Crippen molar-refractivity contribution in [3.63, 3.8) is 0 Å². The molecule has 0 fully saturated rings. The highest BCUT2D eigenvalue weighted by Gasteiger charge is 2.10. The van der Waals surface area contributed by atoms with Gasteiger partial charge in [-0.2, -0.15) is 0 Å². The van der Waals surface area contributed by atoms with Gasteiger partial charge in [0.15, 0.2) is 0 Å². The lowest BCUT2D eigenvalue weighted by atomic mass is 10.2. The van der Waals surface area contributed by atoms with Crippen molar-refractivity contribution in [3.8, 4) is 0 Å². The average Bonchev–Trinajstić information content (AvgIpc) is 2.08. The molecule has 1 aromatic carbocycles. The minimum absolute atomic E-state index is 0.0192. The van der Waals surface area contributed by atoms with Crippen molar-refractivity contribution >= 4 is 32.9 Å². The molecule has 0 saturated heterocycles. The molecule has 0 aliphatic heterocycles. The Morgan fingerprint density at radius 3 is 2.93 bits per heavy atom. The third-order valence-corrected chi connectivity index (χ3v) is 2.74. The fourth-order valence-electron chi connectivity index (χ4n) is 1.19. The van der Waals surface area contributed by atoms with Crippen LogP contribution in [0.4, 0.5) is 5.95 Å². The van der Waals surface area contributed by atoms with Gasteiger partial charge in [0.05, 0.1) is 5.10 Å². The Morgan fingerprint density at radius 1 is 1.50 bits per heavy atom. The predicted octanol–water partition coefficient (Wildman–Crippen LogP) is 0.916. The molecule has 0 unspecified atom stereocenters. The van der Waals surface area contributed by atoms with E-state index >= 15 is 0 Å². The zero-order valence-corrected chi connectivity index (χ0v) is 8.95. The van der Waals surface area contributed by atoms with Gasteiger partial charge in [0.2, 0.25) is 0 Å². The molecule has 0 spiro atoms. The molecule has 2 rings (SSSR count). The maximum atomic E-state index is 11.3. The highest BCUT2D eigenvalue weighted by molar-refractivity contribution is 9.10. The van der Waals surface area contributed by atoms with E-state index in [4.69, 9.17) is 5.73 Å². The van der Waals surface area contributed by atoms with Gasteiger partial charge in [0, 0.05) is 10.5 Å². The maximum Gasteiger partial charge on any atom is 0.288 e. The molecule has 0 saturated carbocycles. The van der Waals surface area contributed by atoms with E-state index < -0.39 is 0 Å². The monoisotopic (exact) mass is 254 g/mol. The van der Waals surface area contributed by atoms with Crippen molar-refractivity contribution in [1.29, 1.82) is 0 Å². The summed E-state index contributed by atoms with van der Waals surface area (Å²) in [6, 6.07) is 3.46. The fraction of sp³-hybridized carbons (Fsp3) is 0.125. The second-order valence-electron chi connectivity index (χ2n) is 2.93. The molecule has 0 radical (unpaired) electrons. The first-order valence-corrected chi connectivity index (χ1v) is 4.70. The van der Waals surface area contributed by atoms with Gasteiger partial charge in [-0.3, -0.25) is 0 Å². The molecule has 6 heteroatoms. The second kappa shape index (κ2) is 3.06. The molecular weight excluding hydrogens is 248 g/mol. The van der Waals surface area contributed by atoms with Gasteiger partial charge in [-0.05, 0) is 23.4 Å². The summed E-state index contributed by atoms with van der Waals surface area (Å²) in [5.41, 5.74) is 7.30. The number of benzene rings is 1. The van der Waals surface area contributed by atoms with Gasteiger partial charge in [-0.25, -0.2) is 4.98 Å². The molecule has 1 heterocycles. The molecular formula is C8H7BrN4O. The SMILES string of the molecule is Cc1cc2nc(N)n[n+]([O-])c2cc1Br. The summed E-state index contributed by atoms with van der Waals surface area (Å²) in [5, 5.41) is 14.8. The van der Waals surface area contributed by atoms with Crippen LogP contribution in [0.2, 0.25) is 0 Å². The topological polar surface area (TPSA) is 78.7 Å². The summed E-state index contributed by atoms with van der Waals surface area (Å²) in [4.78, 5) is 4.44. The van der Waals surface area contributed by atoms with Gasteiger partial charge < -0.3 is 10.9 Å². The predicted molar refractivity (Wildman–Crippen MR) is 55.3 cm³/mol. The van der Waals surface area contributed by atoms with E-state index in [1.54, 1.807) is 12.1 Å². The van der Waals surface area contributed by atoms with Crippen molar-refractivity contribution in [1.82, 2.24) is 10.1 Å². The maximum absolute atomic E-state index is 11.3. The number of aromatic nitrogens is 3. The fourth-order valence-corrected chi connectivity index (χ4v) is 1.52. The normalized spacial score (nSPS) is 10.7. The number of nitrogens with zero attached hydrogens (tertiary/aromatic N) is 3. The third-order valence-electron chi connectivity index (χ3n) is 1.89. The first kappa shape index (κ1) is 9.14. The van der Waals surface area contributed by atoms with Crippen LogP contribution in [0.25, 0.3) is 11.0 Å². The molecule has 0 aliphatic carbocycles. The van der Waals surface area contributed by atoms with Crippen molar-refractivity contribution in [2.45, 2.75) is 6.92 Å². The largest absolute Gasteiger partial charge is 0.594 e. The van der Waals surface area contributed by atoms with Gasteiger partial charge in [-0.1, -0.05) is 15.9 Å². The zero-order chi connectivity index (χ0) is 10.3. The lowest BCUT2D eigenvalue weighted by Crippen LogP contribution is -2.33. The van der Waals surface area contributed by atoms with E-state index in [-0.39, 0.29) is 5.95 Å². The van der Waals surface area contributed by atoms with Crippen molar-refractivity contribution in [3.05, 3.63) is 27.4 Å². The molecule has 0 aliphatic rings. The van der Waals surface area contributed by atoms with Crippen LogP contribution in [0.3, 0.4) is 0 Å². The lowest BCUT2D eigenvalue weighted by molar-refractivity contribution is -0.641. The molecule has 2 N–H and O–H groups in total. The number of halogens is 1. The summed E-state index contributed by atoms with van der Waals surface area (Å²) >= 11 is 3.33. The third kappa shape index (κ3) is 1.37. The molecule has 0 amide bonds. The van der Waals surface area contributed by atoms with Crippen LogP contribution in [-0.4, -0.2) is 10.1 Å². The van der Waals surface area contributed by atoms with Crippen LogP contribution in [0.5, 0.6) is 0 Å². The molecule has 0 atom stereocenters. The summed E-state index contributed by atoms with van der Waals surface area (Å²) in [6.45, 7) is 1.91. The Kier molecular flexibility index (Phi) is 1.99. The van der Waals surface area contributed by atoms with Gasteiger partial charge in [-0.15, -0.1) is 0 Å².